The number of furan rings is 1. The van der Waals surface area contributed by atoms with Gasteiger partial charge in [0.25, 0.3) is 0 Å². The number of benzene rings is 1. The Morgan fingerprint density at radius 3 is 2.65 bits per heavy atom. The maximum Gasteiger partial charge on any atom is 0.240 e. The SMILES string of the molecule is Cc1ccc(NC(=O)CCC(=O)NN=Cc2ccco2)c(C)c1. The van der Waals surface area contributed by atoms with E-state index < -0.39 is 0 Å². The number of hydrogen-bond donors (Lipinski definition) is 2. The molecule has 2 amide bonds. The normalized spacial score (nSPS) is 10.7. The Labute approximate surface area is 134 Å². The molecule has 0 spiro atoms. The van der Waals surface area contributed by atoms with Crippen molar-refractivity contribution in [2.75, 3.05) is 5.32 Å². The van der Waals surface area contributed by atoms with Gasteiger partial charge in [0.05, 0.1) is 12.5 Å². The zero-order valence-corrected chi connectivity index (χ0v) is 13.1. The molecular weight excluding hydrogens is 294 g/mol. The van der Waals surface area contributed by atoms with Gasteiger partial charge in [-0.2, -0.15) is 5.10 Å². The molecule has 1 heterocycles. The second-order valence-electron chi connectivity index (χ2n) is 5.18. The molecule has 1 aromatic carbocycles. The smallest absolute Gasteiger partial charge is 0.240 e. The minimum atomic E-state index is -0.330. The van der Waals surface area contributed by atoms with Crippen molar-refractivity contribution in [3.05, 3.63) is 53.5 Å². The van der Waals surface area contributed by atoms with Crippen LogP contribution in [0, 0.1) is 13.8 Å². The molecule has 23 heavy (non-hydrogen) atoms. The average molecular weight is 313 g/mol. The molecule has 2 aromatic rings. The Balaban J connectivity index is 1.74. The van der Waals surface area contributed by atoms with Crippen molar-refractivity contribution in [3.8, 4) is 0 Å². The molecule has 0 fully saturated rings. The van der Waals surface area contributed by atoms with Crippen molar-refractivity contribution in [1.29, 1.82) is 0 Å². The van der Waals surface area contributed by atoms with Crippen molar-refractivity contribution in [3.63, 3.8) is 0 Å². The van der Waals surface area contributed by atoms with Crippen LogP contribution in [0.5, 0.6) is 0 Å². The fourth-order valence-electron chi connectivity index (χ4n) is 1.98. The first kappa shape index (κ1) is 16.5. The van der Waals surface area contributed by atoms with Crippen molar-refractivity contribution >= 4 is 23.7 Å². The largest absolute Gasteiger partial charge is 0.463 e. The quantitative estimate of drug-likeness (QED) is 0.635. The number of rotatable bonds is 6. The van der Waals surface area contributed by atoms with Gasteiger partial charge in [-0.1, -0.05) is 17.7 Å². The van der Waals surface area contributed by atoms with Crippen LogP contribution in [0.2, 0.25) is 0 Å². The number of carbonyl (C=O) groups is 2. The molecule has 0 aliphatic rings. The summed E-state index contributed by atoms with van der Waals surface area (Å²) in [5.74, 6) is 0.00332. The van der Waals surface area contributed by atoms with Gasteiger partial charge in [0.2, 0.25) is 11.8 Å². The van der Waals surface area contributed by atoms with E-state index in [0.717, 1.165) is 16.8 Å². The Kier molecular flexibility index (Phi) is 5.68. The number of anilines is 1. The molecule has 0 aliphatic heterocycles. The molecular formula is C17H19N3O3. The summed E-state index contributed by atoms with van der Waals surface area (Å²) >= 11 is 0. The molecule has 6 heteroatoms. The summed E-state index contributed by atoms with van der Waals surface area (Å²) < 4.78 is 5.03. The van der Waals surface area contributed by atoms with Crippen LogP contribution in [0.15, 0.2) is 46.1 Å². The minimum Gasteiger partial charge on any atom is -0.463 e. The Morgan fingerprint density at radius 2 is 1.96 bits per heavy atom. The zero-order chi connectivity index (χ0) is 16.7. The standard InChI is InChI=1S/C17H19N3O3/c1-12-5-6-15(13(2)10-12)19-16(21)7-8-17(22)20-18-11-14-4-3-9-23-14/h3-6,9-11H,7-8H2,1-2H3,(H,19,21)(H,20,22). The third-order valence-electron chi connectivity index (χ3n) is 3.16. The van der Waals surface area contributed by atoms with E-state index >= 15 is 0 Å². The van der Waals surface area contributed by atoms with Gasteiger partial charge in [0, 0.05) is 18.5 Å². The molecule has 2 rings (SSSR count). The lowest BCUT2D eigenvalue weighted by Crippen LogP contribution is -2.20. The van der Waals surface area contributed by atoms with Crippen LogP contribution in [0.4, 0.5) is 5.69 Å². The lowest BCUT2D eigenvalue weighted by atomic mass is 10.1. The van der Waals surface area contributed by atoms with E-state index in [9.17, 15) is 9.59 Å². The summed E-state index contributed by atoms with van der Waals surface area (Å²) in [6.07, 6.45) is 3.07. The van der Waals surface area contributed by atoms with Crippen LogP contribution in [0.25, 0.3) is 0 Å². The molecule has 1 aromatic heterocycles. The third-order valence-corrected chi connectivity index (χ3v) is 3.16. The molecule has 6 nitrogen and oxygen atoms in total. The number of amides is 2. The van der Waals surface area contributed by atoms with E-state index in [1.54, 1.807) is 12.1 Å². The Hall–Kier alpha value is -2.89. The van der Waals surface area contributed by atoms with Crippen molar-refractivity contribution in [1.82, 2.24) is 5.43 Å². The van der Waals surface area contributed by atoms with Gasteiger partial charge in [-0.25, -0.2) is 5.43 Å². The van der Waals surface area contributed by atoms with Gasteiger partial charge >= 0.3 is 0 Å². The molecule has 120 valence electrons. The second kappa shape index (κ2) is 7.93. The number of nitrogens with one attached hydrogen (secondary N) is 2. The summed E-state index contributed by atoms with van der Waals surface area (Å²) in [6.45, 7) is 3.92. The summed E-state index contributed by atoms with van der Waals surface area (Å²) in [6, 6.07) is 9.22. The Morgan fingerprint density at radius 1 is 1.17 bits per heavy atom. The van der Waals surface area contributed by atoms with E-state index in [2.05, 4.69) is 15.8 Å². The number of hydrazone groups is 1. The van der Waals surface area contributed by atoms with Gasteiger partial charge in [-0.05, 0) is 37.6 Å². The highest BCUT2D eigenvalue weighted by atomic mass is 16.3. The highest BCUT2D eigenvalue weighted by Crippen LogP contribution is 2.16. The summed E-state index contributed by atoms with van der Waals surface area (Å²) in [5, 5.41) is 6.55. The molecule has 0 radical (unpaired) electrons. The van der Waals surface area contributed by atoms with Crippen LogP contribution >= 0.6 is 0 Å². The highest BCUT2D eigenvalue weighted by molar-refractivity contribution is 5.94. The van der Waals surface area contributed by atoms with E-state index in [4.69, 9.17) is 4.42 Å². The first-order chi connectivity index (χ1) is 11.0. The first-order valence-electron chi connectivity index (χ1n) is 7.27. The van der Waals surface area contributed by atoms with E-state index in [-0.39, 0.29) is 24.7 Å². The summed E-state index contributed by atoms with van der Waals surface area (Å²) in [4.78, 5) is 23.5. The Bertz CT molecular complexity index is 706. The summed E-state index contributed by atoms with van der Waals surface area (Å²) in [7, 11) is 0. The van der Waals surface area contributed by atoms with Crippen LogP contribution in [0.3, 0.4) is 0 Å². The second-order valence-corrected chi connectivity index (χ2v) is 5.18. The monoisotopic (exact) mass is 313 g/mol. The van der Waals surface area contributed by atoms with Crippen molar-refractivity contribution < 1.29 is 14.0 Å². The predicted molar refractivity (Wildman–Crippen MR) is 88.2 cm³/mol. The third kappa shape index (κ3) is 5.43. The van der Waals surface area contributed by atoms with E-state index in [1.807, 2.05) is 32.0 Å². The van der Waals surface area contributed by atoms with Gasteiger partial charge < -0.3 is 9.73 Å². The van der Waals surface area contributed by atoms with Crippen LogP contribution in [-0.2, 0) is 9.59 Å². The average Bonchev–Trinajstić information content (AvgIpc) is 3.01. The number of hydrogen-bond acceptors (Lipinski definition) is 4. The van der Waals surface area contributed by atoms with Gasteiger partial charge in [0.1, 0.15) is 5.76 Å². The van der Waals surface area contributed by atoms with Crippen LogP contribution in [0.1, 0.15) is 29.7 Å². The van der Waals surface area contributed by atoms with Gasteiger partial charge in [0.15, 0.2) is 0 Å². The van der Waals surface area contributed by atoms with Crippen molar-refractivity contribution in [2.24, 2.45) is 5.10 Å². The van der Waals surface area contributed by atoms with Crippen LogP contribution in [-0.4, -0.2) is 18.0 Å². The predicted octanol–water partition coefficient (Wildman–Crippen LogP) is 2.77. The van der Waals surface area contributed by atoms with Crippen molar-refractivity contribution in [2.45, 2.75) is 26.7 Å². The molecule has 2 N–H and O–H groups in total. The highest BCUT2D eigenvalue weighted by Gasteiger charge is 2.08. The first-order valence-corrected chi connectivity index (χ1v) is 7.27. The lowest BCUT2D eigenvalue weighted by Gasteiger charge is -2.08. The van der Waals surface area contributed by atoms with Gasteiger partial charge in [-0.3, -0.25) is 9.59 Å². The maximum absolute atomic E-state index is 11.9. The molecule has 0 unspecified atom stereocenters. The van der Waals surface area contributed by atoms with Crippen LogP contribution < -0.4 is 10.7 Å². The molecule has 0 saturated heterocycles. The van der Waals surface area contributed by atoms with Gasteiger partial charge in [-0.15, -0.1) is 0 Å². The number of carbonyl (C=O) groups excluding carboxylic acids is 2. The number of aryl methyl sites for hydroxylation is 2. The van der Waals surface area contributed by atoms with E-state index in [1.165, 1.54) is 12.5 Å². The van der Waals surface area contributed by atoms with E-state index in [0.29, 0.717) is 5.76 Å². The maximum atomic E-state index is 11.9. The minimum absolute atomic E-state index is 0.0617. The molecule has 0 atom stereocenters. The molecule has 0 bridgehead atoms. The topological polar surface area (TPSA) is 83.7 Å². The zero-order valence-electron chi connectivity index (χ0n) is 13.1. The fourth-order valence-corrected chi connectivity index (χ4v) is 1.98. The number of nitrogens with zero attached hydrogens (tertiary/aromatic N) is 1. The fraction of sp³-hybridized carbons (Fsp3) is 0.235. The lowest BCUT2D eigenvalue weighted by molar-refractivity contribution is -0.124. The summed E-state index contributed by atoms with van der Waals surface area (Å²) in [5.41, 5.74) is 5.24. The molecule has 0 aliphatic carbocycles. The molecule has 0 saturated carbocycles.